The Balaban J connectivity index is 0.975. The molecule has 71 heavy (non-hydrogen) atoms. The van der Waals surface area contributed by atoms with Crippen LogP contribution in [0, 0.1) is 3.80 Å². The van der Waals surface area contributed by atoms with E-state index in [0.29, 0.717) is 17.1 Å². The molecular weight excluding hydrogens is 1050 g/mol. The Morgan fingerprint density at radius 2 is 1.20 bits per heavy atom. The van der Waals surface area contributed by atoms with Crippen molar-refractivity contribution in [3.63, 3.8) is 0 Å². The van der Waals surface area contributed by atoms with Crippen LogP contribution in [0.15, 0.2) is 194 Å². The van der Waals surface area contributed by atoms with E-state index in [2.05, 4.69) is 168 Å². The molecule has 8 aromatic carbocycles. The van der Waals surface area contributed by atoms with Crippen LogP contribution < -0.4 is 9.64 Å². The van der Waals surface area contributed by atoms with E-state index in [1.807, 2.05) is 54.7 Å². The minimum atomic E-state index is -0.416. The monoisotopic (exact) mass is 1110 g/mol. The van der Waals surface area contributed by atoms with Crippen molar-refractivity contribution >= 4 is 38.5 Å². The Morgan fingerprint density at radius 1 is 0.535 bits per heavy atom. The number of benzene rings is 8. The van der Waals surface area contributed by atoms with E-state index in [1.165, 1.54) is 44.8 Å². The first kappa shape index (κ1) is 38.2. The van der Waals surface area contributed by atoms with E-state index in [1.54, 1.807) is 0 Å². The molecule has 11 aromatic rings. The first-order valence-corrected chi connectivity index (χ1v) is 25.7. The molecule has 350 valence electrons. The second-order valence-electron chi connectivity index (χ2n) is 19.7. The summed E-state index contributed by atoms with van der Waals surface area (Å²) in [7, 11) is 0. The van der Waals surface area contributed by atoms with Crippen LogP contribution in [-0.2, 0) is 37.6 Å². The molecule has 7 heteroatoms. The number of anilines is 1. The zero-order valence-electron chi connectivity index (χ0n) is 44.8. The molecule has 0 atom stereocenters. The fraction of sp³-hybridized carbons (Fsp3) is 0.156. The maximum atomic E-state index is 8.79. The Morgan fingerprint density at radius 3 is 1.89 bits per heavy atom. The number of hydrogen-bond acceptors (Lipinski definition) is 3. The molecule has 0 aliphatic carbocycles. The van der Waals surface area contributed by atoms with E-state index in [9.17, 15) is 0 Å². The number of aromatic nitrogens is 4. The van der Waals surface area contributed by atoms with Crippen LogP contribution >= 0.6 is 0 Å². The molecule has 5 heterocycles. The number of ether oxygens (including phenoxy) is 1. The summed E-state index contributed by atoms with van der Waals surface area (Å²) in [6.07, 6.45) is 6.13. The average molecular weight is 1110 g/mol. The number of rotatable bonds is 8. The summed E-state index contributed by atoms with van der Waals surface area (Å²) < 4.78 is 57.6. The standard InChI is InChI=1S/C64H53N5O.Pt/c1-64(2,3)47-34-35-65-59(39-47)69-55-33-30-46(43-18-7-4-8-19-43)38-54(55)51-32-31-50(41-58(51)69)70-49-25-15-24-48(40-49)67-42-68(57-29-14-13-28-56(57)67)63-60(44-20-9-5-10-21-44)52-26-16-36-66-37-17-27-53(62(52)66)61(63)45-22-11-6-12-23-45;/h4-15,18-25,28-35,38-41H,16-17,26-27,36-37H2,1-3H3;/i4D,7D,8D,18D,19D;. The minimum Gasteiger partial charge on any atom is -0.0617 e. The molecule has 6 nitrogen and oxygen atoms in total. The second kappa shape index (κ2) is 17.4. The van der Waals surface area contributed by atoms with Crippen LogP contribution in [0.25, 0.3) is 83.4 Å². The van der Waals surface area contributed by atoms with Crippen LogP contribution in [-0.4, -0.2) is 31.8 Å². The Bertz CT molecular complexity index is 4130. The normalized spacial score (nSPS) is 14.5. The minimum absolute atomic E-state index is 0.140. The van der Waals surface area contributed by atoms with Gasteiger partial charge in [-0.15, -0.1) is 0 Å². The van der Waals surface area contributed by atoms with Gasteiger partial charge in [0, 0.05) is 6.20 Å². The SMILES string of the molecule is [2H]c1c([2H])c([2H])c(-c2ccc3c(c2)c2ccc(Oc4cccc(-n5[c](=[Pt])n(-c6c(-c7ccccc7)c7c8c(c6-c6ccccc6)CCCN8CCC7)c6ccccc65)c4)cc2n3-c2cc(C(C)(C)C)ccn2)c([2H])c1[2H]. The topological polar surface area (TPSA) is 40.1 Å². The predicted molar refractivity (Wildman–Crippen MR) is 288 cm³/mol. The van der Waals surface area contributed by atoms with Crippen molar-refractivity contribution in [2.75, 3.05) is 18.0 Å². The van der Waals surface area contributed by atoms with E-state index >= 15 is 0 Å². The van der Waals surface area contributed by atoms with Gasteiger partial charge in [-0.2, -0.15) is 0 Å². The van der Waals surface area contributed by atoms with Gasteiger partial charge >= 0.3 is 336 Å². The molecule has 13 rings (SSSR count). The van der Waals surface area contributed by atoms with Crippen molar-refractivity contribution in [2.45, 2.75) is 51.9 Å². The number of pyridine rings is 1. The van der Waals surface area contributed by atoms with Gasteiger partial charge in [0.1, 0.15) is 0 Å². The van der Waals surface area contributed by atoms with E-state index in [4.69, 9.17) is 16.6 Å². The van der Waals surface area contributed by atoms with E-state index in [-0.39, 0.29) is 35.1 Å². The quantitative estimate of drug-likeness (QED) is 0.152. The van der Waals surface area contributed by atoms with Crippen molar-refractivity contribution < 1.29 is 30.9 Å². The fourth-order valence-electron chi connectivity index (χ4n) is 11.2. The Kier molecular flexibility index (Phi) is 9.37. The van der Waals surface area contributed by atoms with Crippen molar-refractivity contribution in [3.8, 4) is 62.1 Å². The van der Waals surface area contributed by atoms with Crippen LogP contribution in [0.1, 0.15) is 57.2 Å². The van der Waals surface area contributed by atoms with Gasteiger partial charge in [0.15, 0.2) is 0 Å². The van der Waals surface area contributed by atoms with Gasteiger partial charge in [-0.3, -0.25) is 0 Å². The molecule has 0 radical (unpaired) electrons. The molecule has 0 spiro atoms. The van der Waals surface area contributed by atoms with E-state index < -0.39 is 6.04 Å². The summed E-state index contributed by atoms with van der Waals surface area (Å²) in [4.78, 5) is 7.58. The summed E-state index contributed by atoms with van der Waals surface area (Å²) in [6.45, 7) is 8.72. The molecule has 0 unspecified atom stereocenters. The van der Waals surface area contributed by atoms with Crippen LogP contribution in [0.3, 0.4) is 0 Å². The number of nitrogens with zero attached hydrogens (tertiary/aromatic N) is 5. The molecule has 3 aromatic heterocycles. The average Bonchev–Trinajstić information content (AvgIpc) is 3.95. The molecule has 0 saturated carbocycles. The van der Waals surface area contributed by atoms with Crippen molar-refractivity contribution in [1.29, 1.82) is 0 Å². The van der Waals surface area contributed by atoms with Crippen LogP contribution in [0.4, 0.5) is 5.69 Å². The van der Waals surface area contributed by atoms with Crippen LogP contribution in [0.5, 0.6) is 11.5 Å². The zero-order valence-corrected chi connectivity index (χ0v) is 42.1. The molecule has 0 fully saturated rings. The Labute approximate surface area is 432 Å². The molecule has 0 amide bonds. The van der Waals surface area contributed by atoms with Crippen molar-refractivity contribution in [1.82, 2.24) is 18.7 Å². The first-order valence-electron chi connectivity index (χ1n) is 27.0. The number of hydrogen-bond donors (Lipinski definition) is 0. The van der Waals surface area contributed by atoms with Crippen molar-refractivity contribution in [3.05, 3.63) is 215 Å². The number of para-hydroxylation sites is 2. The molecule has 2 aliphatic rings. The number of fused-ring (bicyclic) bond motifs is 4. The van der Waals surface area contributed by atoms with Gasteiger partial charge in [0.25, 0.3) is 0 Å². The summed E-state index contributed by atoms with van der Waals surface area (Å²) in [5.74, 6) is 2.03. The van der Waals surface area contributed by atoms with Gasteiger partial charge in [-0.05, 0) is 28.2 Å². The summed E-state index contributed by atoms with van der Waals surface area (Å²) in [5.41, 5.74) is 17.1. The van der Waals surface area contributed by atoms with Crippen molar-refractivity contribution in [2.24, 2.45) is 0 Å². The Hall–Kier alpha value is -7.53. The molecule has 0 saturated heterocycles. The number of imidazole rings is 1. The summed E-state index contributed by atoms with van der Waals surface area (Å²) in [5, 5.41) is 1.75. The smallest absolute Gasteiger partial charge is 0.0617 e. The van der Waals surface area contributed by atoms with E-state index in [0.717, 1.165) is 92.5 Å². The predicted octanol–water partition coefficient (Wildman–Crippen LogP) is 15.8. The third-order valence-electron chi connectivity index (χ3n) is 14.4. The first-order chi connectivity index (χ1) is 36.9. The fourth-order valence-corrected chi connectivity index (χ4v) is 12.3. The van der Waals surface area contributed by atoms with Crippen LogP contribution in [0.2, 0.25) is 0 Å². The van der Waals surface area contributed by atoms with Gasteiger partial charge < -0.3 is 0 Å². The summed E-state index contributed by atoms with van der Waals surface area (Å²) >= 11 is 2.55. The molecule has 0 N–H and O–H groups in total. The zero-order chi connectivity index (χ0) is 52.1. The van der Waals surface area contributed by atoms with Gasteiger partial charge in [-0.25, -0.2) is 0 Å². The molecular formula is C64H53N5OPt. The third-order valence-corrected chi connectivity index (χ3v) is 15.4. The van der Waals surface area contributed by atoms with Gasteiger partial charge in [0.2, 0.25) is 0 Å². The molecule has 0 bridgehead atoms. The maximum absolute atomic E-state index is 8.79. The third kappa shape index (κ3) is 7.42. The van der Waals surface area contributed by atoms with Gasteiger partial charge in [-0.1, -0.05) is 57.0 Å². The second-order valence-corrected chi connectivity index (χ2v) is 20.7. The van der Waals surface area contributed by atoms with Gasteiger partial charge in [0.05, 0.1) is 6.85 Å². The summed E-state index contributed by atoms with van der Waals surface area (Å²) in [6, 6.07) is 53.4. The molecule has 2 aliphatic heterocycles.